The Kier molecular flexibility index (Phi) is 4.12. The summed E-state index contributed by atoms with van der Waals surface area (Å²) in [6.45, 7) is 3.82. The number of ether oxygens (including phenoxy) is 1. The van der Waals surface area contributed by atoms with E-state index in [1.807, 2.05) is 26.0 Å². The highest BCUT2D eigenvalue weighted by atomic mass is 16.5. The highest BCUT2D eigenvalue weighted by molar-refractivity contribution is 6.04. The van der Waals surface area contributed by atoms with Crippen LogP contribution in [0.1, 0.15) is 26.7 Å². The van der Waals surface area contributed by atoms with Gasteiger partial charge in [-0.05, 0) is 32.4 Å². The van der Waals surface area contributed by atoms with Crippen molar-refractivity contribution in [3.05, 3.63) is 18.2 Å². The van der Waals surface area contributed by atoms with E-state index in [4.69, 9.17) is 9.84 Å². The number of hydrogen-bond donors (Lipinski definition) is 3. The van der Waals surface area contributed by atoms with Gasteiger partial charge in [0, 0.05) is 6.42 Å². The molecule has 1 aliphatic heterocycles. The van der Waals surface area contributed by atoms with E-state index in [0.717, 1.165) is 5.69 Å². The second-order valence-corrected chi connectivity index (χ2v) is 4.96. The van der Waals surface area contributed by atoms with Crippen LogP contribution in [0.4, 0.5) is 11.4 Å². The Hall–Kier alpha value is -2.24. The van der Waals surface area contributed by atoms with Gasteiger partial charge in [-0.25, -0.2) is 0 Å². The summed E-state index contributed by atoms with van der Waals surface area (Å²) in [5.74, 6) is -0.545. The van der Waals surface area contributed by atoms with Gasteiger partial charge >= 0.3 is 5.97 Å². The summed E-state index contributed by atoms with van der Waals surface area (Å²) in [5, 5.41) is 14.5. The van der Waals surface area contributed by atoms with Crippen LogP contribution < -0.4 is 15.4 Å². The average molecular weight is 278 g/mol. The number of para-hydroxylation sites is 1. The van der Waals surface area contributed by atoms with E-state index in [1.54, 1.807) is 6.07 Å². The van der Waals surface area contributed by atoms with E-state index in [2.05, 4.69) is 10.6 Å². The molecule has 0 fully saturated rings. The number of fused-ring (bicyclic) bond motifs is 1. The fourth-order valence-corrected chi connectivity index (χ4v) is 2.07. The first-order chi connectivity index (χ1) is 9.47. The molecule has 6 nitrogen and oxygen atoms in total. The van der Waals surface area contributed by atoms with Crippen molar-refractivity contribution in [1.82, 2.24) is 0 Å². The van der Waals surface area contributed by atoms with Gasteiger partial charge < -0.3 is 20.5 Å². The summed E-state index contributed by atoms with van der Waals surface area (Å²) in [5.41, 5.74) is 1.36. The van der Waals surface area contributed by atoms with Gasteiger partial charge in [-0.2, -0.15) is 0 Å². The number of carboxylic acid groups (broad SMARTS) is 1. The van der Waals surface area contributed by atoms with E-state index < -0.39 is 12.0 Å². The van der Waals surface area contributed by atoms with Gasteiger partial charge in [0.2, 0.25) is 5.91 Å². The van der Waals surface area contributed by atoms with Gasteiger partial charge in [0.05, 0.1) is 11.8 Å². The number of benzene rings is 1. The van der Waals surface area contributed by atoms with Crippen molar-refractivity contribution in [3.63, 3.8) is 0 Å². The van der Waals surface area contributed by atoms with Gasteiger partial charge in [0.15, 0.2) is 0 Å². The molecule has 108 valence electrons. The number of anilines is 2. The van der Waals surface area contributed by atoms with Gasteiger partial charge in [0.1, 0.15) is 17.5 Å². The van der Waals surface area contributed by atoms with Crippen LogP contribution in [0.5, 0.6) is 5.75 Å². The minimum Gasteiger partial charge on any atom is -0.489 e. The number of nitrogens with one attached hydrogen (secondary N) is 2. The molecule has 3 N–H and O–H groups in total. The van der Waals surface area contributed by atoms with Crippen molar-refractivity contribution in [2.24, 2.45) is 0 Å². The molecule has 0 aromatic heterocycles. The molecule has 0 bridgehead atoms. The Balaban J connectivity index is 2.18. The van der Waals surface area contributed by atoms with Crippen molar-refractivity contribution in [2.75, 3.05) is 10.6 Å². The molecule has 6 heteroatoms. The summed E-state index contributed by atoms with van der Waals surface area (Å²) in [7, 11) is 0. The predicted molar refractivity (Wildman–Crippen MR) is 75.1 cm³/mol. The van der Waals surface area contributed by atoms with Crippen molar-refractivity contribution in [3.8, 4) is 5.75 Å². The van der Waals surface area contributed by atoms with E-state index in [0.29, 0.717) is 11.4 Å². The molecule has 0 aliphatic carbocycles. The number of carbonyl (C=O) groups is 2. The standard InChI is InChI=1S/C14H18N2O4/c1-8(2)20-11-5-3-4-9-13(11)16-14(19)10(15-9)6-7-12(17)18/h3-5,8,10,15H,6-7H2,1-2H3,(H,16,19)(H,17,18). The molecule has 1 atom stereocenters. The average Bonchev–Trinajstić information content (AvgIpc) is 2.36. The lowest BCUT2D eigenvalue weighted by atomic mass is 10.1. The second-order valence-electron chi connectivity index (χ2n) is 4.96. The zero-order chi connectivity index (χ0) is 14.7. The maximum atomic E-state index is 12.0. The lowest BCUT2D eigenvalue weighted by molar-refractivity contribution is -0.137. The van der Waals surface area contributed by atoms with Crippen LogP contribution in [0.2, 0.25) is 0 Å². The summed E-state index contributed by atoms with van der Waals surface area (Å²) < 4.78 is 5.65. The number of carboxylic acids is 1. The fraction of sp³-hybridized carbons (Fsp3) is 0.429. The van der Waals surface area contributed by atoms with Crippen LogP contribution in [0.25, 0.3) is 0 Å². The summed E-state index contributed by atoms with van der Waals surface area (Å²) >= 11 is 0. The number of rotatable bonds is 5. The summed E-state index contributed by atoms with van der Waals surface area (Å²) in [4.78, 5) is 22.6. The molecule has 1 aromatic carbocycles. The van der Waals surface area contributed by atoms with Gasteiger partial charge in [0.25, 0.3) is 0 Å². The lowest BCUT2D eigenvalue weighted by Gasteiger charge is -2.28. The molecule has 1 amide bonds. The Morgan fingerprint density at radius 1 is 1.45 bits per heavy atom. The van der Waals surface area contributed by atoms with Gasteiger partial charge in [-0.1, -0.05) is 6.07 Å². The van der Waals surface area contributed by atoms with E-state index in [1.165, 1.54) is 0 Å². The smallest absolute Gasteiger partial charge is 0.303 e. The quantitative estimate of drug-likeness (QED) is 0.767. The molecule has 0 saturated heterocycles. The predicted octanol–water partition coefficient (Wildman–Crippen LogP) is 2.07. The number of amides is 1. The minimum atomic E-state index is -0.915. The Morgan fingerprint density at radius 3 is 2.85 bits per heavy atom. The molecular weight excluding hydrogens is 260 g/mol. The van der Waals surface area contributed by atoms with Crippen LogP contribution in [0.15, 0.2) is 18.2 Å². The molecule has 0 saturated carbocycles. The van der Waals surface area contributed by atoms with Crippen molar-refractivity contribution < 1.29 is 19.4 Å². The SMILES string of the molecule is CC(C)Oc1cccc2c1NC(=O)C(CCC(=O)O)N2. The monoisotopic (exact) mass is 278 g/mol. The first-order valence-electron chi connectivity index (χ1n) is 6.56. The zero-order valence-corrected chi connectivity index (χ0v) is 11.5. The third kappa shape index (κ3) is 3.20. The molecule has 1 unspecified atom stereocenters. The van der Waals surface area contributed by atoms with E-state index in [-0.39, 0.29) is 24.9 Å². The first kappa shape index (κ1) is 14.2. The van der Waals surface area contributed by atoms with E-state index in [9.17, 15) is 9.59 Å². The van der Waals surface area contributed by atoms with Gasteiger partial charge in [-0.3, -0.25) is 9.59 Å². The first-order valence-corrected chi connectivity index (χ1v) is 6.56. The third-order valence-corrected chi connectivity index (χ3v) is 2.93. The maximum absolute atomic E-state index is 12.0. The second kappa shape index (κ2) is 5.81. The fourth-order valence-electron chi connectivity index (χ4n) is 2.07. The molecule has 1 aliphatic rings. The van der Waals surface area contributed by atoms with Crippen LogP contribution >= 0.6 is 0 Å². The van der Waals surface area contributed by atoms with Crippen molar-refractivity contribution >= 4 is 23.3 Å². The molecule has 1 aromatic rings. The van der Waals surface area contributed by atoms with Gasteiger partial charge in [-0.15, -0.1) is 0 Å². The Bertz CT molecular complexity index is 528. The van der Waals surface area contributed by atoms with Crippen LogP contribution in [0, 0.1) is 0 Å². The number of aliphatic carboxylic acids is 1. The summed E-state index contributed by atoms with van der Waals surface area (Å²) in [6, 6.07) is 4.91. The highest BCUT2D eigenvalue weighted by Gasteiger charge is 2.27. The molecular formula is C14H18N2O4. The maximum Gasteiger partial charge on any atom is 0.303 e. The number of hydrogen-bond acceptors (Lipinski definition) is 4. The molecule has 2 rings (SSSR count). The van der Waals surface area contributed by atoms with Crippen molar-refractivity contribution in [2.45, 2.75) is 38.8 Å². The Labute approximate surface area is 117 Å². The van der Waals surface area contributed by atoms with E-state index >= 15 is 0 Å². The minimum absolute atomic E-state index is 0.00290. The topological polar surface area (TPSA) is 87.7 Å². The zero-order valence-electron chi connectivity index (χ0n) is 11.5. The normalized spacial score (nSPS) is 17.1. The third-order valence-electron chi connectivity index (χ3n) is 2.93. The van der Waals surface area contributed by atoms with Crippen molar-refractivity contribution in [1.29, 1.82) is 0 Å². The molecule has 1 heterocycles. The Morgan fingerprint density at radius 2 is 2.20 bits per heavy atom. The largest absolute Gasteiger partial charge is 0.489 e. The number of carbonyl (C=O) groups excluding carboxylic acids is 1. The molecule has 0 spiro atoms. The molecule has 20 heavy (non-hydrogen) atoms. The lowest BCUT2D eigenvalue weighted by Crippen LogP contribution is -2.39. The highest BCUT2D eigenvalue weighted by Crippen LogP contribution is 2.36. The summed E-state index contributed by atoms with van der Waals surface area (Å²) in [6.07, 6.45) is 0.196. The van der Waals surface area contributed by atoms with Crippen LogP contribution in [-0.4, -0.2) is 29.1 Å². The molecule has 0 radical (unpaired) electrons. The van der Waals surface area contributed by atoms with Crippen LogP contribution in [0.3, 0.4) is 0 Å². The van der Waals surface area contributed by atoms with Crippen LogP contribution in [-0.2, 0) is 9.59 Å².